The number of hydrogen-bond donors (Lipinski definition) is 1. The highest BCUT2D eigenvalue weighted by Crippen LogP contribution is 2.22. The molecule has 4 N–H and O–H groups in total. The van der Waals surface area contributed by atoms with Crippen molar-refractivity contribution in [2.75, 3.05) is 0 Å². The van der Waals surface area contributed by atoms with Gasteiger partial charge in [-0.3, -0.25) is 5.73 Å². The third-order valence-electron chi connectivity index (χ3n) is 1.45. The molecular weight excluding hydrogens is 339 g/mol. The van der Waals surface area contributed by atoms with E-state index in [1.807, 2.05) is 18.2 Å². The monoisotopic (exact) mass is 344 g/mol. The van der Waals surface area contributed by atoms with Gasteiger partial charge in [-0.1, -0.05) is 11.6 Å². The summed E-state index contributed by atoms with van der Waals surface area (Å²) in [5.41, 5.74) is 4.91. The van der Waals surface area contributed by atoms with Crippen LogP contribution < -0.4 is 44.7 Å². The van der Waals surface area contributed by atoms with Crippen LogP contribution in [0.4, 0.5) is 5.13 Å². The van der Waals surface area contributed by atoms with E-state index in [0.29, 0.717) is 0 Å². The lowest BCUT2D eigenvalue weighted by Gasteiger charge is -1.82. The van der Waals surface area contributed by atoms with Crippen molar-refractivity contribution in [2.24, 2.45) is 0 Å². The highest BCUT2D eigenvalue weighted by atomic mass is 79.9. The minimum absolute atomic E-state index is 0. The van der Waals surface area contributed by atoms with Crippen molar-refractivity contribution in [3.63, 3.8) is 0 Å². The minimum atomic E-state index is 0. The Morgan fingerprint density at radius 2 is 2.00 bits per heavy atom. The first kappa shape index (κ1) is 13.3. The van der Waals surface area contributed by atoms with Crippen molar-refractivity contribution in [2.45, 2.75) is 0 Å². The Morgan fingerprint density at radius 3 is 2.69 bits per heavy atom. The number of benzene rings is 1. The van der Waals surface area contributed by atoms with Crippen LogP contribution >= 0.6 is 22.9 Å². The number of nitrogens with one attached hydrogen (secondary N) is 1. The number of halogens is 3. The summed E-state index contributed by atoms with van der Waals surface area (Å²) in [6.45, 7) is 0. The SMILES string of the molecule is [Br-].[Br-].[NH3+]c1[nH+]c2ccc(Cl)cc2s1. The molecule has 13 heavy (non-hydrogen) atoms. The van der Waals surface area contributed by atoms with Crippen LogP contribution in [-0.2, 0) is 0 Å². The molecule has 0 saturated carbocycles. The molecule has 6 heteroatoms. The molecule has 0 spiro atoms. The summed E-state index contributed by atoms with van der Waals surface area (Å²) in [5.74, 6) is 0. The maximum Gasteiger partial charge on any atom is 0.424 e. The van der Waals surface area contributed by atoms with Gasteiger partial charge in [-0.2, -0.15) is 0 Å². The van der Waals surface area contributed by atoms with Gasteiger partial charge >= 0.3 is 5.13 Å². The van der Waals surface area contributed by atoms with Crippen molar-refractivity contribution >= 4 is 38.3 Å². The summed E-state index contributed by atoms with van der Waals surface area (Å²) in [4.78, 5) is 3.13. The molecule has 2 rings (SSSR count). The Bertz CT molecular complexity index is 404. The van der Waals surface area contributed by atoms with Crippen LogP contribution in [0.5, 0.6) is 0 Å². The van der Waals surface area contributed by atoms with E-state index in [9.17, 15) is 0 Å². The summed E-state index contributed by atoms with van der Waals surface area (Å²) < 4.78 is 1.16. The van der Waals surface area contributed by atoms with Gasteiger partial charge in [0, 0.05) is 11.1 Å². The first-order chi connectivity index (χ1) is 5.25. The molecule has 1 heterocycles. The molecule has 0 aliphatic carbocycles. The number of quaternary nitrogens is 1. The second-order valence-electron chi connectivity index (χ2n) is 2.29. The molecule has 0 saturated heterocycles. The van der Waals surface area contributed by atoms with E-state index in [1.54, 1.807) is 11.3 Å². The van der Waals surface area contributed by atoms with E-state index >= 15 is 0 Å². The molecule has 0 bridgehead atoms. The van der Waals surface area contributed by atoms with E-state index in [-0.39, 0.29) is 34.0 Å². The van der Waals surface area contributed by atoms with Crippen LogP contribution in [0.2, 0.25) is 5.02 Å². The average molecular weight is 346 g/mol. The van der Waals surface area contributed by atoms with Crippen LogP contribution in [0.1, 0.15) is 0 Å². The smallest absolute Gasteiger partial charge is 0.424 e. The topological polar surface area (TPSA) is 41.8 Å². The second kappa shape index (κ2) is 5.26. The highest BCUT2D eigenvalue weighted by Gasteiger charge is 2.09. The second-order valence-corrected chi connectivity index (χ2v) is 3.86. The predicted molar refractivity (Wildman–Crippen MR) is 45.9 cm³/mol. The van der Waals surface area contributed by atoms with Gasteiger partial charge in [-0.25, -0.2) is 0 Å². The third-order valence-corrected chi connectivity index (χ3v) is 2.59. The zero-order chi connectivity index (χ0) is 7.84. The minimum Gasteiger partial charge on any atom is -1.00 e. The highest BCUT2D eigenvalue weighted by molar-refractivity contribution is 7.20. The maximum absolute atomic E-state index is 5.80. The zero-order valence-corrected chi connectivity index (χ0v) is 11.2. The Labute approximate surface area is 106 Å². The van der Waals surface area contributed by atoms with Gasteiger partial charge in [0.2, 0.25) is 5.52 Å². The van der Waals surface area contributed by atoms with Gasteiger partial charge in [0.1, 0.15) is 4.70 Å². The molecule has 2 nitrogen and oxygen atoms in total. The Morgan fingerprint density at radius 1 is 1.31 bits per heavy atom. The van der Waals surface area contributed by atoms with Crippen LogP contribution in [0.3, 0.4) is 0 Å². The third kappa shape index (κ3) is 2.89. The molecule has 2 aromatic rings. The molecule has 0 fully saturated rings. The molecule has 0 radical (unpaired) electrons. The van der Waals surface area contributed by atoms with Crippen molar-refractivity contribution in [3.05, 3.63) is 23.2 Å². The summed E-state index contributed by atoms with van der Waals surface area (Å²) in [6, 6.07) is 5.77. The number of H-pyrrole nitrogens is 1. The summed E-state index contributed by atoms with van der Waals surface area (Å²) in [6.07, 6.45) is 0. The van der Waals surface area contributed by atoms with Gasteiger partial charge in [0.25, 0.3) is 0 Å². The number of hydrogen-bond acceptors (Lipinski definition) is 1. The maximum atomic E-state index is 5.80. The zero-order valence-electron chi connectivity index (χ0n) is 6.48. The Hall–Kier alpha value is 0.320. The van der Waals surface area contributed by atoms with Crippen molar-refractivity contribution in [1.82, 2.24) is 0 Å². The molecule has 0 amide bonds. The summed E-state index contributed by atoms with van der Waals surface area (Å²) in [7, 11) is 0. The van der Waals surface area contributed by atoms with Crippen molar-refractivity contribution in [3.8, 4) is 0 Å². The first-order valence-corrected chi connectivity index (χ1v) is 4.38. The first-order valence-electron chi connectivity index (χ1n) is 3.19. The van der Waals surface area contributed by atoms with E-state index in [0.717, 1.165) is 20.4 Å². The molecule has 0 unspecified atom stereocenters. The normalized spacial score (nSPS) is 9.08. The van der Waals surface area contributed by atoms with Crippen LogP contribution in [0.15, 0.2) is 18.2 Å². The van der Waals surface area contributed by atoms with E-state index in [4.69, 9.17) is 11.6 Å². The predicted octanol–water partition coefficient (Wildman–Crippen LogP) is -4.75. The van der Waals surface area contributed by atoms with Crippen LogP contribution in [0, 0.1) is 0 Å². The van der Waals surface area contributed by atoms with Crippen LogP contribution in [-0.4, -0.2) is 0 Å². The fourth-order valence-corrected chi connectivity index (χ4v) is 2.07. The Kier molecular flexibility index (Phi) is 5.39. The van der Waals surface area contributed by atoms with Crippen molar-refractivity contribution in [1.29, 1.82) is 0 Å². The molecule has 1 aromatic heterocycles. The number of aromatic nitrogens is 1. The van der Waals surface area contributed by atoms with Gasteiger partial charge in [0.05, 0.1) is 0 Å². The molecular formula is C7H7Br2ClN2S. The van der Waals surface area contributed by atoms with Gasteiger partial charge in [-0.15, -0.1) is 4.98 Å². The summed E-state index contributed by atoms with van der Waals surface area (Å²) in [5, 5.41) is 1.73. The van der Waals surface area contributed by atoms with E-state index in [2.05, 4.69) is 10.7 Å². The van der Waals surface area contributed by atoms with Gasteiger partial charge < -0.3 is 34.0 Å². The lowest BCUT2D eigenvalue weighted by atomic mass is 10.3. The summed E-state index contributed by atoms with van der Waals surface area (Å²) >= 11 is 7.42. The van der Waals surface area contributed by atoms with E-state index < -0.39 is 0 Å². The fourth-order valence-electron chi connectivity index (χ4n) is 0.992. The fraction of sp³-hybridized carbons (Fsp3) is 0. The molecule has 1 aromatic carbocycles. The number of aromatic amines is 1. The number of fused-ring (bicyclic) bond motifs is 1. The van der Waals surface area contributed by atoms with E-state index in [1.165, 1.54) is 0 Å². The number of thiazole rings is 1. The Balaban J connectivity index is 0.000000720. The van der Waals surface area contributed by atoms with Gasteiger partial charge in [-0.05, 0) is 23.5 Å². The average Bonchev–Trinajstić information content (AvgIpc) is 2.27. The standard InChI is InChI=1S/C7H5ClN2S.2BrH/c8-4-1-2-5-6(3-4)11-7(9)10-5;;/h1-3H,(H2,9,10);2*1H. The molecule has 0 aliphatic heterocycles. The largest absolute Gasteiger partial charge is 1.00 e. The van der Waals surface area contributed by atoms with Crippen LogP contribution in [0.25, 0.3) is 10.2 Å². The molecule has 72 valence electrons. The number of rotatable bonds is 0. The lowest BCUT2D eigenvalue weighted by Crippen LogP contribution is -3.00. The van der Waals surface area contributed by atoms with Gasteiger partial charge in [0.15, 0.2) is 0 Å². The molecule has 0 atom stereocenters. The lowest BCUT2D eigenvalue weighted by molar-refractivity contribution is -0.449. The quantitative estimate of drug-likeness (QED) is 0.498. The van der Waals surface area contributed by atoms with Crippen molar-refractivity contribution < 1.29 is 44.7 Å². The molecule has 0 aliphatic rings.